The first kappa shape index (κ1) is 45.4. The Hall–Kier alpha value is -7.00. The third kappa shape index (κ3) is 8.91. The van der Waals surface area contributed by atoms with Gasteiger partial charge in [-0.15, -0.1) is 0 Å². The summed E-state index contributed by atoms with van der Waals surface area (Å²) in [4.78, 5) is 69.6. The normalized spacial score (nSPS) is 22.1. The van der Waals surface area contributed by atoms with Crippen LogP contribution in [-0.2, 0) is 22.6 Å². The van der Waals surface area contributed by atoms with Crippen LogP contribution in [0.3, 0.4) is 0 Å². The molecule has 4 fully saturated rings. The standard InChI is InChI=1S/2C25H28N6O4/c2*32-22-4-1-3-16(22)14-30-15-17-11-20(21(12-18(17)25(30)34)29-7-9-35-10-8-29)28-24(33)19-13-27-31-6-2-5-26-23(19)31/h2*2,5-6,11-13,16,22,32H,1,3-4,7-10,14-15H2,(H,28,33)/t2*16-,22+/m10/s1. The average Bonchev–Trinajstić information content (AvgIpc) is 4.26. The summed E-state index contributed by atoms with van der Waals surface area (Å²) < 4.78 is 14.2. The van der Waals surface area contributed by atoms with Crippen LogP contribution in [0.1, 0.15) is 91.1 Å². The molecular weight excluding hydrogens is 897 g/mol. The van der Waals surface area contributed by atoms with Gasteiger partial charge in [-0.25, -0.2) is 19.0 Å². The number of anilines is 4. The molecule has 4 aromatic heterocycles. The Morgan fingerprint density at radius 2 is 1.04 bits per heavy atom. The molecular formula is C50H56N12O8. The third-order valence-corrected chi connectivity index (χ3v) is 14.6. The molecule has 0 unspecified atom stereocenters. The highest BCUT2D eigenvalue weighted by molar-refractivity contribution is 6.11. The highest BCUT2D eigenvalue weighted by atomic mass is 16.5. The van der Waals surface area contributed by atoms with Crippen LogP contribution >= 0.6 is 0 Å². The second kappa shape index (κ2) is 19.4. The van der Waals surface area contributed by atoms with E-state index in [9.17, 15) is 29.4 Å². The molecule has 2 aliphatic carbocycles. The Labute approximate surface area is 403 Å². The minimum Gasteiger partial charge on any atom is -0.393 e. The van der Waals surface area contributed by atoms with E-state index < -0.39 is 0 Å². The number of morpholine rings is 2. The van der Waals surface area contributed by atoms with E-state index in [1.807, 2.05) is 34.1 Å². The molecule has 20 heteroatoms. The Kier molecular flexibility index (Phi) is 12.6. The van der Waals surface area contributed by atoms with Crippen molar-refractivity contribution in [3.8, 4) is 0 Å². The Morgan fingerprint density at radius 3 is 1.44 bits per heavy atom. The van der Waals surface area contributed by atoms with Crippen LogP contribution in [0, 0.1) is 11.8 Å². The zero-order valence-electron chi connectivity index (χ0n) is 38.8. The molecule has 6 aliphatic rings. The minimum atomic E-state index is -0.343. The fourth-order valence-corrected chi connectivity index (χ4v) is 10.8. The number of nitrogens with zero attached hydrogens (tertiary/aromatic N) is 10. The van der Waals surface area contributed by atoms with E-state index in [0.29, 0.717) is 124 Å². The van der Waals surface area contributed by atoms with Gasteiger partial charge in [-0.2, -0.15) is 10.2 Å². The summed E-state index contributed by atoms with van der Waals surface area (Å²) >= 11 is 0. The van der Waals surface area contributed by atoms with Crippen LogP contribution in [0.2, 0.25) is 0 Å². The molecule has 0 radical (unpaired) electrons. The number of nitrogens with one attached hydrogen (secondary N) is 2. The second-order valence-corrected chi connectivity index (χ2v) is 18.9. The lowest BCUT2D eigenvalue weighted by atomic mass is 10.1. The summed E-state index contributed by atoms with van der Waals surface area (Å²) in [5.41, 5.74) is 7.74. The van der Waals surface area contributed by atoms with Crippen molar-refractivity contribution in [3.05, 3.63) is 107 Å². The largest absolute Gasteiger partial charge is 0.393 e. The Morgan fingerprint density at radius 1 is 0.614 bits per heavy atom. The van der Waals surface area contributed by atoms with Gasteiger partial charge in [0.2, 0.25) is 0 Å². The smallest absolute Gasteiger partial charge is 0.261 e. The lowest BCUT2D eigenvalue weighted by Crippen LogP contribution is -2.37. The van der Waals surface area contributed by atoms with Gasteiger partial charge in [0.1, 0.15) is 11.1 Å². The van der Waals surface area contributed by atoms with Gasteiger partial charge >= 0.3 is 0 Å². The van der Waals surface area contributed by atoms with E-state index in [2.05, 4.69) is 40.6 Å². The molecule has 2 saturated heterocycles. The molecule has 2 aromatic carbocycles. The van der Waals surface area contributed by atoms with E-state index in [0.717, 1.165) is 61.0 Å². The number of carbonyl (C=O) groups is 4. The molecule has 4 atom stereocenters. The first-order valence-corrected chi connectivity index (χ1v) is 24.3. The number of aliphatic hydroxyl groups excluding tert-OH is 2. The van der Waals surface area contributed by atoms with Crippen LogP contribution in [0.25, 0.3) is 11.3 Å². The number of benzene rings is 2. The van der Waals surface area contributed by atoms with E-state index in [-0.39, 0.29) is 47.7 Å². The van der Waals surface area contributed by atoms with Crippen molar-refractivity contribution in [2.24, 2.45) is 11.8 Å². The predicted molar refractivity (Wildman–Crippen MR) is 257 cm³/mol. The lowest BCUT2D eigenvalue weighted by Gasteiger charge is -2.31. The average molecular weight is 953 g/mol. The number of aliphatic hydroxyl groups is 2. The van der Waals surface area contributed by atoms with Crippen molar-refractivity contribution < 1.29 is 38.9 Å². The number of hydrogen-bond acceptors (Lipinski definition) is 14. The van der Waals surface area contributed by atoms with Crippen molar-refractivity contribution in [1.82, 2.24) is 39.0 Å². The monoisotopic (exact) mass is 952 g/mol. The van der Waals surface area contributed by atoms with E-state index in [1.165, 1.54) is 12.4 Å². The number of aromatic nitrogens is 6. The fourth-order valence-electron chi connectivity index (χ4n) is 10.8. The van der Waals surface area contributed by atoms with Gasteiger partial charge in [-0.1, -0.05) is 12.8 Å². The number of amides is 4. The van der Waals surface area contributed by atoms with Crippen molar-refractivity contribution >= 4 is 57.7 Å². The fraction of sp³-hybridized carbons (Fsp3) is 0.440. The molecule has 4 N–H and O–H groups in total. The molecule has 20 nitrogen and oxygen atoms in total. The maximum absolute atomic E-state index is 13.3. The van der Waals surface area contributed by atoms with Gasteiger partial charge in [0.15, 0.2) is 11.3 Å². The van der Waals surface area contributed by atoms with Crippen LogP contribution < -0.4 is 20.4 Å². The van der Waals surface area contributed by atoms with E-state index in [1.54, 1.807) is 46.0 Å². The van der Waals surface area contributed by atoms with E-state index >= 15 is 0 Å². The number of rotatable bonds is 10. The summed E-state index contributed by atoms with van der Waals surface area (Å²) in [5.74, 6) is -0.396. The zero-order valence-corrected chi connectivity index (χ0v) is 38.8. The van der Waals surface area contributed by atoms with Crippen molar-refractivity contribution in [1.29, 1.82) is 0 Å². The number of ether oxygens (including phenoxy) is 2. The molecule has 70 heavy (non-hydrogen) atoms. The van der Waals surface area contributed by atoms with Crippen LogP contribution in [0.5, 0.6) is 0 Å². The van der Waals surface area contributed by atoms with Crippen LogP contribution in [-0.4, -0.2) is 151 Å². The minimum absolute atomic E-state index is 0.0154. The molecule has 4 aliphatic heterocycles. The van der Waals surface area contributed by atoms with Gasteiger partial charge in [0, 0.05) is 100 Å². The third-order valence-electron chi connectivity index (χ3n) is 14.6. The highest BCUT2D eigenvalue weighted by Crippen LogP contribution is 2.39. The zero-order chi connectivity index (χ0) is 47.9. The molecule has 0 bridgehead atoms. The number of hydrogen-bond donors (Lipinski definition) is 4. The molecule has 4 amide bonds. The van der Waals surface area contributed by atoms with Gasteiger partial charge in [-0.3, -0.25) is 19.2 Å². The van der Waals surface area contributed by atoms with Crippen LogP contribution in [0.4, 0.5) is 22.7 Å². The maximum atomic E-state index is 13.3. The summed E-state index contributed by atoms with van der Waals surface area (Å²) in [6.07, 6.45) is 14.6. The van der Waals surface area contributed by atoms with Crippen molar-refractivity contribution in [3.63, 3.8) is 0 Å². The lowest BCUT2D eigenvalue weighted by molar-refractivity contribution is 0.0653. The van der Waals surface area contributed by atoms with Crippen LogP contribution in [0.15, 0.2) is 73.6 Å². The van der Waals surface area contributed by atoms with E-state index in [4.69, 9.17) is 9.47 Å². The Balaban J connectivity index is 0.000000152. The molecule has 364 valence electrons. The Bertz CT molecular complexity index is 2770. The summed E-state index contributed by atoms with van der Waals surface area (Å²) in [6.45, 7) is 7.09. The quantitative estimate of drug-likeness (QED) is 0.153. The first-order chi connectivity index (χ1) is 34.2. The van der Waals surface area contributed by atoms with Gasteiger partial charge < -0.3 is 49.9 Å². The van der Waals surface area contributed by atoms with Crippen molar-refractivity contribution in [2.75, 3.05) is 86.1 Å². The molecule has 12 rings (SSSR count). The second-order valence-electron chi connectivity index (χ2n) is 18.9. The van der Waals surface area contributed by atoms with Crippen molar-refractivity contribution in [2.45, 2.75) is 63.8 Å². The molecule has 0 spiro atoms. The molecule has 6 aromatic rings. The van der Waals surface area contributed by atoms with Gasteiger partial charge in [0.25, 0.3) is 23.6 Å². The number of fused-ring (bicyclic) bond motifs is 4. The van der Waals surface area contributed by atoms with Gasteiger partial charge in [0.05, 0.1) is 73.8 Å². The molecule has 2 saturated carbocycles. The predicted octanol–water partition coefficient (Wildman–Crippen LogP) is 3.87. The molecule has 8 heterocycles. The summed E-state index contributed by atoms with van der Waals surface area (Å²) in [6, 6.07) is 11.1. The summed E-state index contributed by atoms with van der Waals surface area (Å²) in [7, 11) is 0. The summed E-state index contributed by atoms with van der Waals surface area (Å²) in [5, 5.41) is 35.1. The highest BCUT2D eigenvalue weighted by Gasteiger charge is 2.37. The van der Waals surface area contributed by atoms with Gasteiger partial charge in [-0.05, 0) is 73.2 Å². The SMILES string of the molecule is O=C(Nc1cc2c(cc1N1CCOCC1)C(=O)N(C[C@@H]1CCC[C@H]1O)C2)c1cnn2cccnc12.O=C(Nc1cc2c(cc1N1CCOCC1)C(=O)N(C[C@H]1CCC[C@@H]1O)C2)c1cnn2cccnc12. The first-order valence-electron chi connectivity index (χ1n) is 24.3. The maximum Gasteiger partial charge on any atom is 0.261 e. The topological polar surface area (TPSA) is 225 Å². The number of carbonyl (C=O) groups excluding carboxylic acids is 4.